The Morgan fingerprint density at radius 1 is 1.00 bits per heavy atom. The highest BCUT2D eigenvalue weighted by atomic mass is 35.5. The number of aliphatic hydroxyl groups is 1. The van der Waals surface area contributed by atoms with Crippen LogP contribution in [-0.2, 0) is 14.2 Å². The second kappa shape index (κ2) is 10.8. The van der Waals surface area contributed by atoms with Crippen LogP contribution in [0.25, 0.3) is 0 Å². The molecule has 31 heavy (non-hydrogen) atoms. The van der Waals surface area contributed by atoms with Crippen molar-refractivity contribution in [2.75, 3.05) is 13.2 Å². The van der Waals surface area contributed by atoms with Gasteiger partial charge >= 0.3 is 11.9 Å². The lowest BCUT2D eigenvalue weighted by molar-refractivity contribution is -0.0256. The van der Waals surface area contributed by atoms with Gasteiger partial charge < -0.3 is 19.3 Å². The van der Waals surface area contributed by atoms with Gasteiger partial charge in [-0.15, -0.1) is 11.6 Å². The van der Waals surface area contributed by atoms with Crippen molar-refractivity contribution in [1.82, 2.24) is 0 Å². The molecule has 7 heteroatoms. The van der Waals surface area contributed by atoms with Crippen LogP contribution in [0, 0.1) is 0 Å². The van der Waals surface area contributed by atoms with E-state index in [-0.39, 0.29) is 13.2 Å². The SMILES string of the molecule is CC1(Cl)C(CCCO)OC(CCOC(=O)c2ccccc2)C1OC(=O)c1ccccc1. The third-order valence-electron chi connectivity index (χ3n) is 5.38. The van der Waals surface area contributed by atoms with Crippen LogP contribution in [0.15, 0.2) is 60.7 Å². The summed E-state index contributed by atoms with van der Waals surface area (Å²) in [6, 6.07) is 17.4. The molecule has 2 aromatic rings. The van der Waals surface area contributed by atoms with Gasteiger partial charge in [0.2, 0.25) is 0 Å². The van der Waals surface area contributed by atoms with E-state index in [9.17, 15) is 14.7 Å². The second-order valence-corrected chi connectivity index (χ2v) is 8.48. The van der Waals surface area contributed by atoms with Crippen molar-refractivity contribution in [3.8, 4) is 0 Å². The smallest absolute Gasteiger partial charge is 0.338 e. The maximum absolute atomic E-state index is 12.7. The van der Waals surface area contributed by atoms with E-state index < -0.39 is 35.1 Å². The molecule has 1 aliphatic rings. The number of aliphatic hydroxyl groups excluding tert-OH is 1. The van der Waals surface area contributed by atoms with Crippen molar-refractivity contribution in [1.29, 1.82) is 0 Å². The Bertz CT molecular complexity index is 855. The average Bonchev–Trinajstić information content (AvgIpc) is 3.02. The van der Waals surface area contributed by atoms with Gasteiger partial charge in [0.25, 0.3) is 0 Å². The topological polar surface area (TPSA) is 82.1 Å². The Kier molecular flexibility index (Phi) is 8.07. The van der Waals surface area contributed by atoms with Gasteiger partial charge in [0.15, 0.2) is 0 Å². The van der Waals surface area contributed by atoms with Crippen LogP contribution in [0.5, 0.6) is 0 Å². The molecule has 1 aliphatic heterocycles. The Morgan fingerprint density at radius 2 is 1.58 bits per heavy atom. The van der Waals surface area contributed by atoms with Crippen LogP contribution in [0.3, 0.4) is 0 Å². The molecule has 0 aliphatic carbocycles. The number of alkyl halides is 1. The number of halogens is 1. The van der Waals surface area contributed by atoms with E-state index in [1.807, 2.05) is 12.1 Å². The van der Waals surface area contributed by atoms with Crippen molar-refractivity contribution in [3.63, 3.8) is 0 Å². The molecule has 166 valence electrons. The summed E-state index contributed by atoms with van der Waals surface area (Å²) in [6.45, 7) is 1.88. The van der Waals surface area contributed by atoms with Gasteiger partial charge in [-0.3, -0.25) is 0 Å². The largest absolute Gasteiger partial charge is 0.462 e. The van der Waals surface area contributed by atoms with Crippen LogP contribution >= 0.6 is 11.6 Å². The van der Waals surface area contributed by atoms with Crippen molar-refractivity contribution in [2.45, 2.75) is 49.4 Å². The van der Waals surface area contributed by atoms with Crippen molar-refractivity contribution >= 4 is 23.5 Å². The summed E-state index contributed by atoms with van der Waals surface area (Å²) in [7, 11) is 0. The summed E-state index contributed by atoms with van der Waals surface area (Å²) in [5.41, 5.74) is 0.882. The van der Waals surface area contributed by atoms with Crippen LogP contribution in [0.2, 0.25) is 0 Å². The molecule has 0 aromatic heterocycles. The summed E-state index contributed by atoms with van der Waals surface area (Å²) in [5, 5.41) is 9.19. The molecule has 2 aromatic carbocycles. The van der Waals surface area contributed by atoms with Gasteiger partial charge in [0.05, 0.1) is 29.9 Å². The molecule has 1 fully saturated rings. The Labute approximate surface area is 187 Å². The first-order valence-electron chi connectivity index (χ1n) is 10.4. The lowest BCUT2D eigenvalue weighted by Crippen LogP contribution is -2.43. The lowest BCUT2D eigenvalue weighted by atomic mass is 9.93. The van der Waals surface area contributed by atoms with Crippen molar-refractivity contribution < 1.29 is 28.9 Å². The number of hydrogen-bond acceptors (Lipinski definition) is 6. The second-order valence-electron chi connectivity index (χ2n) is 7.66. The lowest BCUT2D eigenvalue weighted by Gasteiger charge is -2.29. The molecule has 0 radical (unpaired) electrons. The Hall–Kier alpha value is -2.41. The molecular weight excluding hydrogens is 420 g/mol. The van der Waals surface area contributed by atoms with Gasteiger partial charge in [-0.2, -0.15) is 0 Å². The first-order valence-corrected chi connectivity index (χ1v) is 10.7. The highest BCUT2D eigenvalue weighted by Crippen LogP contribution is 2.42. The highest BCUT2D eigenvalue weighted by Gasteiger charge is 2.54. The molecule has 4 atom stereocenters. The fraction of sp³-hybridized carbons (Fsp3) is 0.417. The Balaban J connectivity index is 1.67. The van der Waals surface area contributed by atoms with E-state index in [1.54, 1.807) is 55.5 Å². The highest BCUT2D eigenvalue weighted by molar-refractivity contribution is 6.25. The van der Waals surface area contributed by atoms with Crippen molar-refractivity contribution in [2.24, 2.45) is 0 Å². The maximum Gasteiger partial charge on any atom is 0.338 e. The molecule has 6 nitrogen and oxygen atoms in total. The maximum atomic E-state index is 12.7. The van der Waals surface area contributed by atoms with E-state index in [0.29, 0.717) is 30.4 Å². The number of hydrogen-bond donors (Lipinski definition) is 1. The number of rotatable bonds is 9. The summed E-state index contributed by atoms with van der Waals surface area (Å²) in [6.07, 6.45) is -0.324. The fourth-order valence-electron chi connectivity index (χ4n) is 3.68. The predicted octanol–water partition coefficient (Wildman–Crippen LogP) is 4.00. The monoisotopic (exact) mass is 446 g/mol. The molecule has 4 unspecified atom stereocenters. The minimum Gasteiger partial charge on any atom is -0.462 e. The first-order chi connectivity index (χ1) is 14.9. The van der Waals surface area contributed by atoms with E-state index in [0.717, 1.165) is 0 Å². The minimum atomic E-state index is -0.978. The first kappa shape index (κ1) is 23.3. The van der Waals surface area contributed by atoms with E-state index in [1.165, 1.54) is 0 Å². The number of benzene rings is 2. The summed E-state index contributed by atoms with van der Waals surface area (Å²) >= 11 is 6.81. The number of carbonyl (C=O) groups is 2. The van der Waals surface area contributed by atoms with Crippen LogP contribution in [-0.4, -0.2) is 53.4 Å². The van der Waals surface area contributed by atoms with Gasteiger partial charge in [-0.05, 0) is 44.0 Å². The predicted molar refractivity (Wildman–Crippen MR) is 116 cm³/mol. The van der Waals surface area contributed by atoms with E-state index >= 15 is 0 Å². The third-order valence-corrected chi connectivity index (χ3v) is 5.83. The number of esters is 2. The quantitative estimate of drug-likeness (QED) is 0.463. The van der Waals surface area contributed by atoms with Crippen LogP contribution in [0.1, 0.15) is 46.9 Å². The Morgan fingerprint density at radius 3 is 2.16 bits per heavy atom. The third kappa shape index (κ3) is 5.85. The molecule has 0 saturated carbocycles. The molecule has 0 spiro atoms. The number of ether oxygens (including phenoxy) is 3. The summed E-state index contributed by atoms with van der Waals surface area (Å²) in [4.78, 5) is 23.9. The van der Waals surface area contributed by atoms with Gasteiger partial charge in [-0.1, -0.05) is 36.4 Å². The fourth-order valence-corrected chi connectivity index (χ4v) is 4.03. The van der Waals surface area contributed by atoms with Gasteiger partial charge in [0, 0.05) is 13.0 Å². The van der Waals surface area contributed by atoms with E-state index in [2.05, 4.69) is 0 Å². The standard InChI is InChI=1S/C24H27ClO6/c1-24(25)20(13-8-15-26)30-19(14-16-29-22(27)17-9-4-2-5-10-17)21(24)31-23(28)18-11-6-3-7-12-18/h2-7,9-12,19-21,26H,8,13-16H2,1H3. The zero-order valence-corrected chi connectivity index (χ0v) is 18.2. The van der Waals surface area contributed by atoms with Gasteiger partial charge in [-0.25, -0.2) is 9.59 Å². The van der Waals surface area contributed by atoms with Crippen molar-refractivity contribution in [3.05, 3.63) is 71.8 Å². The molecule has 1 N–H and O–H groups in total. The number of carbonyl (C=O) groups excluding carboxylic acids is 2. The molecule has 0 bridgehead atoms. The summed E-state index contributed by atoms with van der Waals surface area (Å²) < 4.78 is 17.3. The summed E-state index contributed by atoms with van der Waals surface area (Å²) in [5.74, 6) is -0.919. The van der Waals surface area contributed by atoms with E-state index in [4.69, 9.17) is 25.8 Å². The molecule has 3 rings (SSSR count). The normalized spacial score (nSPS) is 25.2. The minimum absolute atomic E-state index is 0.0145. The van der Waals surface area contributed by atoms with Crippen LogP contribution < -0.4 is 0 Å². The average molecular weight is 447 g/mol. The zero-order chi connectivity index (χ0) is 22.3. The molecular formula is C24H27ClO6. The molecule has 0 amide bonds. The zero-order valence-electron chi connectivity index (χ0n) is 17.4. The molecule has 1 saturated heterocycles. The van der Waals surface area contributed by atoms with Crippen LogP contribution in [0.4, 0.5) is 0 Å². The van der Waals surface area contributed by atoms with Gasteiger partial charge in [0.1, 0.15) is 11.0 Å². The molecule has 1 heterocycles.